The smallest absolute Gasteiger partial charge is 0.408 e. The van der Waals surface area contributed by atoms with Crippen LogP contribution in [0.1, 0.15) is 24.2 Å². The topological polar surface area (TPSA) is 56.3 Å². The number of hydrogen-bond acceptors (Lipinski definition) is 3. The molecule has 0 amide bonds. The molecule has 1 aromatic rings. The van der Waals surface area contributed by atoms with E-state index in [9.17, 15) is 23.1 Å². The maximum absolute atomic E-state index is 12.9. The Morgan fingerprint density at radius 3 is 2.39 bits per heavy atom. The summed E-state index contributed by atoms with van der Waals surface area (Å²) in [6, 6.07) is -2.04. The van der Waals surface area contributed by atoms with Gasteiger partial charge in [0.05, 0.1) is 5.69 Å². The van der Waals surface area contributed by atoms with Gasteiger partial charge in [0.25, 0.3) is 0 Å². The van der Waals surface area contributed by atoms with Crippen LogP contribution in [-0.2, 0) is 6.42 Å². The molecule has 4 nitrogen and oxygen atoms in total. The Bertz CT molecular complexity index is 480. The van der Waals surface area contributed by atoms with Crippen LogP contribution in [-0.4, -0.2) is 35.3 Å². The van der Waals surface area contributed by atoms with Gasteiger partial charge in [-0.15, -0.1) is 0 Å². The molecule has 0 aliphatic heterocycles. The van der Waals surface area contributed by atoms with Gasteiger partial charge >= 0.3 is 6.18 Å². The highest BCUT2D eigenvalue weighted by Crippen LogP contribution is 2.35. The number of aromatic amines is 1. The fourth-order valence-electron chi connectivity index (χ4n) is 1.79. The van der Waals surface area contributed by atoms with Crippen molar-refractivity contribution >= 4 is 0 Å². The molecule has 2 N–H and O–H groups in total. The van der Waals surface area contributed by atoms with Crippen LogP contribution in [0.5, 0.6) is 5.75 Å². The molecule has 1 unspecified atom stereocenters. The van der Waals surface area contributed by atoms with Gasteiger partial charge in [-0.2, -0.15) is 13.2 Å². The summed E-state index contributed by atoms with van der Waals surface area (Å²) in [6.07, 6.45) is -3.24. The van der Waals surface area contributed by atoms with Gasteiger partial charge in [0.2, 0.25) is 5.43 Å². The predicted octanol–water partition coefficient (Wildman–Crippen LogP) is 1.81. The fourth-order valence-corrected chi connectivity index (χ4v) is 1.79. The first-order valence-electron chi connectivity index (χ1n) is 5.36. The van der Waals surface area contributed by atoms with E-state index in [2.05, 4.69) is 4.98 Å². The lowest BCUT2D eigenvalue weighted by molar-refractivity contribution is -0.179. The quantitative estimate of drug-likeness (QED) is 0.875. The molecule has 7 heteroatoms. The molecular weight excluding hydrogens is 249 g/mol. The van der Waals surface area contributed by atoms with E-state index in [4.69, 9.17) is 0 Å². The summed E-state index contributed by atoms with van der Waals surface area (Å²) in [4.78, 5) is 15.2. The van der Waals surface area contributed by atoms with E-state index in [1.54, 1.807) is 6.92 Å². The van der Waals surface area contributed by atoms with E-state index in [1.165, 1.54) is 14.1 Å². The van der Waals surface area contributed by atoms with Gasteiger partial charge in [-0.25, -0.2) is 0 Å². The zero-order valence-electron chi connectivity index (χ0n) is 10.3. The average Bonchev–Trinajstić information content (AvgIpc) is 2.22. The predicted molar refractivity (Wildman–Crippen MR) is 60.6 cm³/mol. The zero-order valence-corrected chi connectivity index (χ0v) is 10.3. The first kappa shape index (κ1) is 14.6. The summed E-state index contributed by atoms with van der Waals surface area (Å²) in [5, 5.41) is 9.55. The molecule has 0 radical (unpaired) electrons. The largest absolute Gasteiger partial charge is 0.503 e. The number of nitrogens with one attached hydrogen (secondary N) is 1. The number of nitrogens with zero attached hydrogens (tertiary/aromatic N) is 1. The minimum atomic E-state index is -4.59. The molecule has 0 bridgehead atoms. The maximum Gasteiger partial charge on any atom is 0.408 e. The van der Waals surface area contributed by atoms with Crippen molar-refractivity contribution in [1.29, 1.82) is 0 Å². The van der Waals surface area contributed by atoms with Crippen LogP contribution in [0.4, 0.5) is 13.2 Å². The third-order valence-electron chi connectivity index (χ3n) is 2.64. The third-order valence-corrected chi connectivity index (χ3v) is 2.64. The van der Waals surface area contributed by atoms with E-state index < -0.39 is 29.0 Å². The monoisotopic (exact) mass is 264 g/mol. The average molecular weight is 264 g/mol. The van der Waals surface area contributed by atoms with E-state index in [-0.39, 0.29) is 5.69 Å². The van der Waals surface area contributed by atoms with Crippen LogP contribution < -0.4 is 5.43 Å². The van der Waals surface area contributed by atoms with E-state index in [0.29, 0.717) is 6.42 Å². The lowest BCUT2D eigenvalue weighted by atomic mass is 10.1. The lowest BCUT2D eigenvalue weighted by Gasteiger charge is -2.26. The number of aryl methyl sites for hydroxylation is 1. The summed E-state index contributed by atoms with van der Waals surface area (Å²) >= 11 is 0. The number of aromatic nitrogens is 1. The normalized spacial score (nSPS) is 13.9. The Hall–Kier alpha value is -1.50. The molecule has 1 heterocycles. The molecule has 1 atom stereocenters. The van der Waals surface area contributed by atoms with E-state index in [0.717, 1.165) is 11.1 Å². The van der Waals surface area contributed by atoms with Crippen molar-refractivity contribution in [3.63, 3.8) is 0 Å². The third kappa shape index (κ3) is 2.66. The van der Waals surface area contributed by atoms with E-state index in [1.807, 2.05) is 0 Å². The van der Waals surface area contributed by atoms with Crippen molar-refractivity contribution in [1.82, 2.24) is 9.88 Å². The SMILES string of the molecule is CCc1[nH]cc(C(N(C)C)C(F)(F)F)c(=O)c1O. The molecule has 1 aromatic heterocycles. The molecule has 0 aliphatic rings. The molecule has 0 aliphatic carbocycles. The van der Waals surface area contributed by atoms with Crippen LogP contribution in [0.25, 0.3) is 0 Å². The zero-order chi connectivity index (χ0) is 14.1. The molecule has 18 heavy (non-hydrogen) atoms. The van der Waals surface area contributed by atoms with Crippen molar-refractivity contribution in [2.75, 3.05) is 14.1 Å². The summed E-state index contributed by atoms with van der Waals surface area (Å²) in [5.41, 5.74) is -1.27. The summed E-state index contributed by atoms with van der Waals surface area (Å²) in [6.45, 7) is 1.68. The molecule has 0 fully saturated rings. The molecule has 0 spiro atoms. The van der Waals surface area contributed by atoms with E-state index >= 15 is 0 Å². The summed E-state index contributed by atoms with van der Waals surface area (Å²) < 4.78 is 38.6. The van der Waals surface area contributed by atoms with Crippen LogP contribution >= 0.6 is 0 Å². The number of H-pyrrole nitrogens is 1. The second-order valence-electron chi connectivity index (χ2n) is 4.16. The molecule has 102 valence electrons. The minimum absolute atomic E-state index is 0.225. The van der Waals surface area contributed by atoms with Gasteiger partial charge in [-0.3, -0.25) is 9.69 Å². The number of hydrogen-bond donors (Lipinski definition) is 2. The highest BCUT2D eigenvalue weighted by atomic mass is 19.4. The number of aromatic hydroxyl groups is 1. The summed E-state index contributed by atoms with van der Waals surface area (Å²) in [7, 11) is 2.45. The standard InChI is InChI=1S/C11H15F3N2O2/c1-4-7-9(18)8(17)6(5-15-7)10(16(2)3)11(12,13)14/h5,10,18H,4H2,1-3H3,(H,15,17). The van der Waals surface area contributed by atoms with Crippen LogP contribution in [0.15, 0.2) is 11.0 Å². The second-order valence-corrected chi connectivity index (χ2v) is 4.16. The first-order valence-corrected chi connectivity index (χ1v) is 5.36. The second kappa shape index (κ2) is 5.01. The van der Waals surface area contributed by atoms with Crippen molar-refractivity contribution in [2.24, 2.45) is 0 Å². The molecular formula is C11H15F3N2O2. The van der Waals surface area contributed by atoms with Gasteiger partial charge in [-0.1, -0.05) is 6.92 Å². The van der Waals surface area contributed by atoms with Gasteiger partial charge < -0.3 is 10.1 Å². The van der Waals surface area contributed by atoms with Crippen LogP contribution in [0.2, 0.25) is 0 Å². The van der Waals surface area contributed by atoms with Gasteiger partial charge in [0, 0.05) is 11.8 Å². The van der Waals surface area contributed by atoms with Crippen molar-refractivity contribution in [3.8, 4) is 5.75 Å². The molecule has 1 rings (SSSR count). The van der Waals surface area contributed by atoms with Gasteiger partial charge in [0.1, 0.15) is 6.04 Å². The fraction of sp³-hybridized carbons (Fsp3) is 0.545. The Morgan fingerprint density at radius 1 is 1.44 bits per heavy atom. The Kier molecular flexibility index (Phi) is 4.05. The summed E-state index contributed by atoms with van der Waals surface area (Å²) in [5.74, 6) is -0.647. The number of pyridine rings is 1. The van der Waals surface area contributed by atoms with Crippen molar-refractivity contribution < 1.29 is 18.3 Å². The Morgan fingerprint density at radius 2 is 2.00 bits per heavy atom. The number of halogens is 3. The highest BCUT2D eigenvalue weighted by Gasteiger charge is 2.44. The highest BCUT2D eigenvalue weighted by molar-refractivity contribution is 5.32. The number of rotatable bonds is 3. The Labute approximate surface area is 102 Å². The van der Waals surface area contributed by atoms with Gasteiger partial charge in [-0.05, 0) is 20.5 Å². The molecule has 0 saturated carbocycles. The van der Waals surface area contributed by atoms with Crippen molar-refractivity contribution in [3.05, 3.63) is 27.7 Å². The minimum Gasteiger partial charge on any atom is -0.503 e. The van der Waals surface area contributed by atoms with Crippen molar-refractivity contribution in [2.45, 2.75) is 25.6 Å². The maximum atomic E-state index is 12.9. The Balaban J connectivity index is 3.41. The van der Waals surface area contributed by atoms with Gasteiger partial charge in [0.15, 0.2) is 5.75 Å². The molecule has 0 saturated heterocycles. The first-order chi connectivity index (χ1) is 8.20. The van der Waals surface area contributed by atoms with Crippen LogP contribution in [0, 0.1) is 0 Å². The molecule has 0 aromatic carbocycles. The van der Waals surface area contributed by atoms with Crippen LogP contribution in [0.3, 0.4) is 0 Å². The lowest BCUT2D eigenvalue weighted by Crippen LogP contribution is -2.36. The number of alkyl halides is 3.